The number of cyclic esters (lactones) is 2. The molecular weight excluding hydrogens is 140 g/mol. The van der Waals surface area contributed by atoms with Gasteiger partial charge in [0.1, 0.15) is 0 Å². The molecular formula is C5H8O5. The Morgan fingerprint density at radius 3 is 2.10 bits per heavy atom. The van der Waals surface area contributed by atoms with Crippen LogP contribution < -0.4 is 0 Å². The summed E-state index contributed by atoms with van der Waals surface area (Å²) in [5.74, 6) is -1.49. The van der Waals surface area contributed by atoms with E-state index in [4.69, 9.17) is 10.2 Å². The van der Waals surface area contributed by atoms with Gasteiger partial charge >= 0.3 is 11.9 Å². The van der Waals surface area contributed by atoms with Gasteiger partial charge in [-0.2, -0.15) is 0 Å². The van der Waals surface area contributed by atoms with E-state index in [-0.39, 0.29) is 6.42 Å². The van der Waals surface area contributed by atoms with Crippen LogP contribution in [0.25, 0.3) is 0 Å². The molecule has 1 aliphatic rings. The van der Waals surface area contributed by atoms with Crippen LogP contribution >= 0.6 is 0 Å². The summed E-state index contributed by atoms with van der Waals surface area (Å²) < 4.78 is 3.95. The zero-order valence-electron chi connectivity index (χ0n) is 5.40. The van der Waals surface area contributed by atoms with Crippen molar-refractivity contribution in [2.75, 3.05) is 7.11 Å². The van der Waals surface area contributed by atoms with Crippen LogP contribution in [0.15, 0.2) is 0 Å². The first-order valence-electron chi connectivity index (χ1n) is 2.57. The van der Waals surface area contributed by atoms with E-state index < -0.39 is 18.0 Å². The summed E-state index contributed by atoms with van der Waals surface area (Å²) in [5, 5.41) is 15.5. The van der Waals surface area contributed by atoms with Crippen molar-refractivity contribution in [1.82, 2.24) is 0 Å². The third-order valence-electron chi connectivity index (χ3n) is 0.847. The summed E-state index contributed by atoms with van der Waals surface area (Å²) in [7, 11) is 1.00. The molecule has 1 saturated heterocycles. The molecule has 0 saturated carbocycles. The van der Waals surface area contributed by atoms with E-state index in [2.05, 4.69) is 4.74 Å². The summed E-state index contributed by atoms with van der Waals surface area (Å²) in [6, 6.07) is 0. The number of carbonyl (C=O) groups is 2. The molecule has 0 spiro atoms. The van der Waals surface area contributed by atoms with Gasteiger partial charge in [0.2, 0.25) is 0 Å². The van der Waals surface area contributed by atoms with Crippen molar-refractivity contribution in [1.29, 1.82) is 0 Å². The van der Waals surface area contributed by atoms with Crippen LogP contribution in [-0.4, -0.2) is 35.4 Å². The Hall–Kier alpha value is -0.940. The minimum atomic E-state index is -1.22. The fourth-order valence-electron chi connectivity index (χ4n) is 0.463. The Morgan fingerprint density at radius 2 is 2.00 bits per heavy atom. The van der Waals surface area contributed by atoms with Crippen LogP contribution in [0.2, 0.25) is 0 Å². The number of hydrogen-bond donors (Lipinski definition) is 2. The maximum absolute atomic E-state index is 10.1. The first-order chi connectivity index (χ1) is 4.70. The molecule has 5 nitrogen and oxygen atoms in total. The number of rotatable bonds is 0. The van der Waals surface area contributed by atoms with E-state index in [1.807, 2.05) is 0 Å². The van der Waals surface area contributed by atoms with Crippen LogP contribution in [0.1, 0.15) is 6.42 Å². The molecule has 0 bridgehead atoms. The van der Waals surface area contributed by atoms with Gasteiger partial charge in [0.05, 0.1) is 6.42 Å². The van der Waals surface area contributed by atoms with E-state index in [0.717, 1.165) is 7.11 Å². The molecule has 1 atom stereocenters. The zero-order valence-corrected chi connectivity index (χ0v) is 5.40. The molecule has 1 unspecified atom stereocenters. The van der Waals surface area contributed by atoms with Gasteiger partial charge in [-0.05, 0) is 0 Å². The third kappa shape index (κ3) is 2.12. The topological polar surface area (TPSA) is 83.8 Å². The molecule has 1 fully saturated rings. The number of aliphatic hydroxyl groups is 2. The van der Waals surface area contributed by atoms with Gasteiger partial charge in [-0.3, -0.25) is 4.79 Å². The van der Waals surface area contributed by atoms with Crippen LogP contribution in [0.3, 0.4) is 0 Å². The van der Waals surface area contributed by atoms with Gasteiger partial charge in [0, 0.05) is 7.11 Å². The average Bonchev–Trinajstić information content (AvgIpc) is 2.16. The summed E-state index contributed by atoms with van der Waals surface area (Å²) in [5.41, 5.74) is 0. The molecule has 2 N–H and O–H groups in total. The molecule has 0 aliphatic carbocycles. The number of esters is 2. The van der Waals surface area contributed by atoms with Crippen molar-refractivity contribution in [2.45, 2.75) is 12.5 Å². The lowest BCUT2D eigenvalue weighted by molar-refractivity contribution is -0.154. The van der Waals surface area contributed by atoms with Gasteiger partial charge in [-0.15, -0.1) is 0 Å². The summed E-state index contributed by atoms with van der Waals surface area (Å²) >= 11 is 0. The summed E-state index contributed by atoms with van der Waals surface area (Å²) in [6.45, 7) is 0. The Labute approximate surface area is 57.2 Å². The van der Waals surface area contributed by atoms with E-state index >= 15 is 0 Å². The number of aliphatic hydroxyl groups excluding tert-OH is 2. The van der Waals surface area contributed by atoms with Gasteiger partial charge in [-0.1, -0.05) is 0 Å². The van der Waals surface area contributed by atoms with Crippen LogP contribution in [0.5, 0.6) is 0 Å². The molecule has 1 heterocycles. The highest BCUT2D eigenvalue weighted by Gasteiger charge is 2.30. The van der Waals surface area contributed by atoms with Crippen molar-refractivity contribution in [3.05, 3.63) is 0 Å². The maximum atomic E-state index is 10.1. The predicted octanol–water partition coefficient (Wildman–Crippen LogP) is -1.57. The molecule has 1 rings (SSSR count). The molecule has 0 aromatic rings. The molecule has 0 aromatic carbocycles. The highest BCUT2D eigenvalue weighted by atomic mass is 16.6. The van der Waals surface area contributed by atoms with Crippen LogP contribution in [-0.2, 0) is 14.3 Å². The zero-order chi connectivity index (χ0) is 8.15. The van der Waals surface area contributed by atoms with Gasteiger partial charge in [0.25, 0.3) is 0 Å². The Balaban J connectivity index is 0.000000371. The monoisotopic (exact) mass is 148 g/mol. The van der Waals surface area contributed by atoms with Gasteiger partial charge in [0.15, 0.2) is 6.10 Å². The fraction of sp³-hybridized carbons (Fsp3) is 0.600. The average molecular weight is 148 g/mol. The number of ether oxygens (including phenoxy) is 1. The van der Waals surface area contributed by atoms with Crippen LogP contribution in [0.4, 0.5) is 0 Å². The number of carbonyl (C=O) groups excluding carboxylic acids is 2. The van der Waals surface area contributed by atoms with E-state index in [9.17, 15) is 9.59 Å². The molecule has 1 aliphatic heterocycles. The van der Waals surface area contributed by atoms with Crippen molar-refractivity contribution < 1.29 is 24.5 Å². The predicted molar refractivity (Wildman–Crippen MR) is 29.9 cm³/mol. The van der Waals surface area contributed by atoms with Crippen molar-refractivity contribution in [2.24, 2.45) is 0 Å². The minimum Gasteiger partial charge on any atom is -0.400 e. The highest BCUT2D eigenvalue weighted by molar-refractivity contribution is 5.95. The van der Waals surface area contributed by atoms with Gasteiger partial charge < -0.3 is 14.9 Å². The van der Waals surface area contributed by atoms with Gasteiger partial charge in [-0.25, -0.2) is 4.79 Å². The lowest BCUT2D eigenvalue weighted by Gasteiger charge is -1.86. The summed E-state index contributed by atoms with van der Waals surface area (Å²) in [4.78, 5) is 20.2. The second kappa shape index (κ2) is 3.97. The largest absolute Gasteiger partial charge is 0.400 e. The standard InChI is InChI=1S/C4H4O4.CH4O/c5-2-1-3(6)8-4(2)7;1-2/h2,5H,1H2;2H,1H3. The molecule has 5 heteroatoms. The number of hydrogen-bond acceptors (Lipinski definition) is 5. The summed E-state index contributed by atoms with van der Waals surface area (Å²) in [6.07, 6.45) is -1.42. The second-order valence-electron chi connectivity index (χ2n) is 1.51. The first-order valence-corrected chi connectivity index (χ1v) is 2.57. The Morgan fingerprint density at radius 1 is 1.50 bits per heavy atom. The normalized spacial score (nSPS) is 23.3. The van der Waals surface area contributed by atoms with Crippen molar-refractivity contribution in [3.63, 3.8) is 0 Å². The van der Waals surface area contributed by atoms with Crippen molar-refractivity contribution >= 4 is 11.9 Å². The fourth-order valence-corrected chi connectivity index (χ4v) is 0.463. The van der Waals surface area contributed by atoms with E-state index in [0.29, 0.717) is 0 Å². The van der Waals surface area contributed by atoms with Crippen LogP contribution in [0, 0.1) is 0 Å². The third-order valence-corrected chi connectivity index (χ3v) is 0.847. The maximum Gasteiger partial charge on any atom is 0.343 e. The highest BCUT2D eigenvalue weighted by Crippen LogP contribution is 2.05. The van der Waals surface area contributed by atoms with Crippen molar-refractivity contribution in [3.8, 4) is 0 Å². The van der Waals surface area contributed by atoms with E-state index in [1.165, 1.54) is 0 Å². The second-order valence-corrected chi connectivity index (χ2v) is 1.51. The Kier molecular flexibility index (Phi) is 3.60. The lowest BCUT2D eigenvalue weighted by atomic mass is 10.3. The SMILES string of the molecule is CO.O=C1CC(O)C(=O)O1. The molecule has 0 aromatic heterocycles. The molecule has 0 amide bonds. The smallest absolute Gasteiger partial charge is 0.343 e. The lowest BCUT2D eigenvalue weighted by Crippen LogP contribution is -2.11. The quantitative estimate of drug-likeness (QED) is 0.320. The first kappa shape index (κ1) is 9.06. The minimum absolute atomic E-state index is 0.196. The molecule has 10 heavy (non-hydrogen) atoms. The van der Waals surface area contributed by atoms with E-state index in [1.54, 1.807) is 0 Å². The molecule has 0 radical (unpaired) electrons. The Bertz CT molecular complexity index is 141. The molecule has 58 valence electrons.